The molecule has 0 saturated carbocycles. The monoisotopic (exact) mass is 328 g/mol. The Kier molecular flexibility index (Phi) is 6.01. The first-order valence-electron chi connectivity index (χ1n) is 8.88. The van der Waals surface area contributed by atoms with Crippen molar-refractivity contribution in [2.24, 2.45) is 0 Å². The number of hydrogen-bond acceptors (Lipinski definition) is 4. The van der Waals surface area contributed by atoms with E-state index in [1.165, 1.54) is 11.1 Å². The quantitative estimate of drug-likeness (QED) is 0.774. The van der Waals surface area contributed by atoms with Crippen LogP contribution in [0.5, 0.6) is 0 Å². The summed E-state index contributed by atoms with van der Waals surface area (Å²) in [6.07, 6.45) is 5.54. The summed E-state index contributed by atoms with van der Waals surface area (Å²) in [6.45, 7) is 6.41. The highest BCUT2D eigenvalue weighted by Gasteiger charge is 2.18. The Bertz CT molecular complexity index is 614. The van der Waals surface area contributed by atoms with Gasteiger partial charge in [-0.25, -0.2) is 0 Å². The van der Waals surface area contributed by atoms with Gasteiger partial charge in [0, 0.05) is 51.2 Å². The number of aryl methyl sites for hydroxylation is 1. The van der Waals surface area contributed by atoms with Gasteiger partial charge < -0.3 is 10.4 Å². The van der Waals surface area contributed by atoms with E-state index >= 15 is 0 Å². The first-order chi connectivity index (χ1) is 11.7. The summed E-state index contributed by atoms with van der Waals surface area (Å²) >= 11 is 0. The maximum absolute atomic E-state index is 10.3. The van der Waals surface area contributed by atoms with E-state index in [4.69, 9.17) is 0 Å². The van der Waals surface area contributed by atoms with Crippen molar-refractivity contribution in [3.63, 3.8) is 0 Å². The second kappa shape index (κ2) is 8.42. The molecule has 1 aromatic heterocycles. The zero-order valence-corrected chi connectivity index (χ0v) is 14.4. The first-order valence-corrected chi connectivity index (χ1v) is 8.88. The van der Waals surface area contributed by atoms with Gasteiger partial charge in [-0.05, 0) is 37.0 Å². The van der Waals surface area contributed by atoms with E-state index in [0.717, 1.165) is 39.0 Å². The van der Waals surface area contributed by atoms with E-state index in [1.54, 1.807) is 6.20 Å². The van der Waals surface area contributed by atoms with Gasteiger partial charge in [-0.1, -0.05) is 24.3 Å². The van der Waals surface area contributed by atoms with Crippen molar-refractivity contribution in [1.82, 2.24) is 20.0 Å². The third-order valence-electron chi connectivity index (χ3n) is 4.73. The molecular weight excluding hydrogens is 300 g/mol. The van der Waals surface area contributed by atoms with Gasteiger partial charge in [0.15, 0.2) is 0 Å². The molecular formula is C19H28N4O. The molecule has 0 spiro atoms. The highest BCUT2D eigenvalue weighted by molar-refractivity contribution is 5.29. The molecule has 1 aromatic carbocycles. The van der Waals surface area contributed by atoms with Crippen LogP contribution in [0.3, 0.4) is 0 Å². The van der Waals surface area contributed by atoms with Crippen molar-refractivity contribution >= 4 is 0 Å². The van der Waals surface area contributed by atoms with Gasteiger partial charge in [0.25, 0.3) is 0 Å². The molecule has 0 fully saturated rings. The summed E-state index contributed by atoms with van der Waals surface area (Å²) in [4.78, 5) is 2.35. The van der Waals surface area contributed by atoms with Crippen LogP contribution in [0.2, 0.25) is 0 Å². The third kappa shape index (κ3) is 4.90. The molecule has 0 radical (unpaired) electrons. The van der Waals surface area contributed by atoms with Crippen LogP contribution in [0, 0.1) is 0 Å². The van der Waals surface area contributed by atoms with Gasteiger partial charge >= 0.3 is 0 Å². The van der Waals surface area contributed by atoms with E-state index in [9.17, 15) is 5.11 Å². The normalized spacial score (nSPS) is 17.4. The van der Waals surface area contributed by atoms with Gasteiger partial charge in [-0.2, -0.15) is 5.10 Å². The molecule has 2 heterocycles. The molecule has 1 aliphatic rings. The molecule has 0 bridgehead atoms. The molecule has 3 rings (SSSR count). The number of nitrogens with zero attached hydrogens (tertiary/aromatic N) is 3. The Hall–Kier alpha value is -1.69. The topological polar surface area (TPSA) is 53.3 Å². The van der Waals surface area contributed by atoms with Gasteiger partial charge in [-0.15, -0.1) is 0 Å². The Labute approximate surface area is 144 Å². The van der Waals surface area contributed by atoms with Crippen molar-refractivity contribution in [2.45, 2.75) is 45.0 Å². The standard InChI is InChI=1S/C19H28N4O/c1-16(7-12-23-10-4-9-21-23)20-13-19(24)15-22-11-8-17-5-2-3-6-18(17)14-22/h2-6,9-10,16,19-20,24H,7-8,11-15H2,1H3. The van der Waals surface area contributed by atoms with E-state index < -0.39 is 0 Å². The zero-order chi connectivity index (χ0) is 16.8. The number of aliphatic hydroxyl groups is 1. The van der Waals surface area contributed by atoms with Crippen LogP contribution in [0.15, 0.2) is 42.7 Å². The molecule has 0 saturated heterocycles. The number of aromatic nitrogens is 2. The lowest BCUT2D eigenvalue weighted by Gasteiger charge is -2.30. The van der Waals surface area contributed by atoms with Gasteiger partial charge in [0.1, 0.15) is 0 Å². The molecule has 2 N–H and O–H groups in total. The number of benzene rings is 1. The number of fused-ring (bicyclic) bond motifs is 1. The van der Waals surface area contributed by atoms with Crippen LogP contribution < -0.4 is 5.32 Å². The number of nitrogens with one attached hydrogen (secondary N) is 1. The van der Waals surface area contributed by atoms with E-state index in [1.807, 2.05) is 16.9 Å². The molecule has 1 aliphatic heterocycles. The highest BCUT2D eigenvalue weighted by atomic mass is 16.3. The summed E-state index contributed by atoms with van der Waals surface area (Å²) in [7, 11) is 0. The summed E-state index contributed by atoms with van der Waals surface area (Å²) in [5.74, 6) is 0. The lowest BCUT2D eigenvalue weighted by atomic mass is 10.00. The number of hydrogen-bond donors (Lipinski definition) is 2. The average molecular weight is 328 g/mol. The fourth-order valence-electron chi connectivity index (χ4n) is 3.27. The van der Waals surface area contributed by atoms with E-state index in [0.29, 0.717) is 12.6 Å². The Morgan fingerprint density at radius 2 is 2.08 bits per heavy atom. The SMILES string of the molecule is CC(CCn1cccn1)NCC(O)CN1CCc2ccccc2C1. The predicted molar refractivity (Wildman–Crippen MR) is 95.7 cm³/mol. The smallest absolute Gasteiger partial charge is 0.0791 e. The lowest BCUT2D eigenvalue weighted by Crippen LogP contribution is -2.42. The predicted octanol–water partition coefficient (Wildman–Crippen LogP) is 1.67. The van der Waals surface area contributed by atoms with Gasteiger partial charge in [-0.3, -0.25) is 9.58 Å². The maximum Gasteiger partial charge on any atom is 0.0791 e. The summed E-state index contributed by atoms with van der Waals surface area (Å²) in [5.41, 5.74) is 2.85. The molecule has 2 aromatic rings. The fourth-order valence-corrected chi connectivity index (χ4v) is 3.27. The summed E-state index contributed by atoms with van der Waals surface area (Å²) in [6, 6.07) is 10.9. The average Bonchev–Trinajstić information content (AvgIpc) is 3.11. The molecule has 2 atom stereocenters. The van der Waals surface area contributed by atoms with Crippen molar-refractivity contribution in [2.75, 3.05) is 19.6 Å². The minimum absolute atomic E-state index is 0.331. The van der Waals surface area contributed by atoms with Crippen LogP contribution in [0.25, 0.3) is 0 Å². The Morgan fingerprint density at radius 3 is 2.88 bits per heavy atom. The second-order valence-corrected chi connectivity index (χ2v) is 6.77. The molecule has 130 valence electrons. The Balaban J connectivity index is 1.36. The summed E-state index contributed by atoms with van der Waals surface area (Å²) < 4.78 is 1.94. The highest BCUT2D eigenvalue weighted by Crippen LogP contribution is 2.18. The number of rotatable bonds is 8. The third-order valence-corrected chi connectivity index (χ3v) is 4.73. The van der Waals surface area contributed by atoms with Crippen LogP contribution >= 0.6 is 0 Å². The Morgan fingerprint density at radius 1 is 1.25 bits per heavy atom. The molecule has 2 unspecified atom stereocenters. The lowest BCUT2D eigenvalue weighted by molar-refractivity contribution is 0.102. The molecule has 0 amide bonds. The van der Waals surface area contributed by atoms with Crippen molar-refractivity contribution < 1.29 is 5.11 Å². The molecule has 24 heavy (non-hydrogen) atoms. The van der Waals surface area contributed by atoms with Crippen LogP contribution in [-0.2, 0) is 19.5 Å². The zero-order valence-electron chi connectivity index (χ0n) is 14.4. The fraction of sp³-hybridized carbons (Fsp3) is 0.526. The van der Waals surface area contributed by atoms with Crippen LogP contribution in [0.4, 0.5) is 0 Å². The first kappa shape index (κ1) is 17.1. The summed E-state index contributed by atoms with van der Waals surface area (Å²) in [5, 5.41) is 18.0. The largest absolute Gasteiger partial charge is 0.390 e. The second-order valence-electron chi connectivity index (χ2n) is 6.77. The number of aliphatic hydroxyl groups excluding tert-OH is 1. The van der Waals surface area contributed by atoms with Crippen LogP contribution in [-0.4, -0.2) is 51.6 Å². The maximum atomic E-state index is 10.3. The molecule has 0 aliphatic carbocycles. The molecule has 5 heteroatoms. The van der Waals surface area contributed by atoms with Crippen molar-refractivity contribution in [1.29, 1.82) is 0 Å². The van der Waals surface area contributed by atoms with E-state index in [2.05, 4.69) is 46.5 Å². The molecule has 5 nitrogen and oxygen atoms in total. The van der Waals surface area contributed by atoms with Crippen molar-refractivity contribution in [3.8, 4) is 0 Å². The van der Waals surface area contributed by atoms with Gasteiger partial charge in [0.2, 0.25) is 0 Å². The number of β-amino-alcohol motifs (C(OH)–C–C–N with tert-alkyl or cyclic N) is 1. The van der Waals surface area contributed by atoms with E-state index in [-0.39, 0.29) is 6.10 Å². The van der Waals surface area contributed by atoms with Crippen LogP contribution in [0.1, 0.15) is 24.5 Å². The minimum atomic E-state index is -0.331. The minimum Gasteiger partial charge on any atom is -0.390 e. The van der Waals surface area contributed by atoms with Gasteiger partial charge in [0.05, 0.1) is 6.10 Å². The van der Waals surface area contributed by atoms with Crippen molar-refractivity contribution in [3.05, 3.63) is 53.9 Å².